The van der Waals surface area contributed by atoms with Gasteiger partial charge in [0.05, 0.1) is 18.5 Å². The maximum atomic E-state index is 11.9. The van der Waals surface area contributed by atoms with Gasteiger partial charge in [0.25, 0.3) is 5.91 Å². The van der Waals surface area contributed by atoms with Crippen molar-refractivity contribution in [3.05, 3.63) is 64.7 Å². The maximum absolute atomic E-state index is 11.9. The molecule has 8 nitrogen and oxygen atoms in total. The lowest BCUT2D eigenvalue weighted by atomic mass is 10.3. The zero-order chi connectivity index (χ0) is 19.8. The second-order valence-corrected chi connectivity index (χ2v) is 7.54. The number of rotatable bonds is 8. The fourth-order valence-corrected chi connectivity index (χ4v) is 3.15. The summed E-state index contributed by atoms with van der Waals surface area (Å²) in [5.41, 5.74) is 4.29. The molecule has 144 valence electrons. The summed E-state index contributed by atoms with van der Waals surface area (Å²) in [7, 11) is 1.87. The van der Waals surface area contributed by atoms with Crippen molar-refractivity contribution in [3.8, 4) is 0 Å². The first kappa shape index (κ1) is 20.0. The number of nitrogens with zero attached hydrogens (tertiary/aromatic N) is 5. The summed E-state index contributed by atoms with van der Waals surface area (Å²) in [4.78, 5) is 15.9. The Morgan fingerprint density at radius 2 is 2.11 bits per heavy atom. The van der Waals surface area contributed by atoms with Crippen molar-refractivity contribution < 1.29 is 4.79 Å². The number of thioether (sulfide) groups is 1. The first-order valence-corrected chi connectivity index (χ1v) is 10.1. The monoisotopic (exact) mass is 459 g/mol. The highest BCUT2D eigenvalue weighted by molar-refractivity contribution is 9.10. The molecule has 3 aromatic rings. The van der Waals surface area contributed by atoms with E-state index in [1.807, 2.05) is 41.9 Å². The lowest BCUT2D eigenvalue weighted by Crippen LogP contribution is -2.20. The number of amides is 1. The van der Waals surface area contributed by atoms with Crippen molar-refractivity contribution >= 4 is 45.5 Å². The highest BCUT2D eigenvalue weighted by Crippen LogP contribution is 2.17. The third-order valence-corrected chi connectivity index (χ3v) is 5.19. The summed E-state index contributed by atoms with van der Waals surface area (Å²) < 4.78 is 2.89. The molecule has 0 unspecified atom stereocenters. The van der Waals surface area contributed by atoms with E-state index in [0.717, 1.165) is 21.5 Å². The highest BCUT2D eigenvalue weighted by Gasteiger charge is 2.11. The van der Waals surface area contributed by atoms with Crippen LogP contribution in [0.5, 0.6) is 0 Å². The molecule has 0 spiro atoms. The molecule has 28 heavy (non-hydrogen) atoms. The molecule has 0 saturated heterocycles. The van der Waals surface area contributed by atoms with Gasteiger partial charge in [0.15, 0.2) is 11.0 Å². The summed E-state index contributed by atoms with van der Waals surface area (Å²) in [6.07, 6.45) is 4.88. The van der Waals surface area contributed by atoms with Crippen molar-refractivity contribution in [1.29, 1.82) is 0 Å². The molecule has 0 atom stereocenters. The van der Waals surface area contributed by atoms with Crippen LogP contribution in [0.3, 0.4) is 0 Å². The average molecular weight is 460 g/mol. The van der Waals surface area contributed by atoms with Gasteiger partial charge in [-0.2, -0.15) is 5.10 Å². The summed E-state index contributed by atoms with van der Waals surface area (Å²) in [6.45, 7) is 0.535. The largest absolute Gasteiger partial charge is 0.378 e. The number of pyridine rings is 1. The van der Waals surface area contributed by atoms with Crippen LogP contribution in [-0.4, -0.2) is 37.6 Å². The van der Waals surface area contributed by atoms with Crippen LogP contribution in [0, 0.1) is 0 Å². The number of hydrogen-bond acceptors (Lipinski definition) is 7. The number of hydrazone groups is 1. The van der Waals surface area contributed by atoms with Crippen LogP contribution in [-0.2, 0) is 18.4 Å². The minimum absolute atomic E-state index is 0.191. The molecule has 0 aliphatic heterocycles. The van der Waals surface area contributed by atoms with Crippen LogP contribution in [0.4, 0.5) is 5.69 Å². The third-order valence-electron chi connectivity index (χ3n) is 3.64. The van der Waals surface area contributed by atoms with E-state index < -0.39 is 0 Å². The van der Waals surface area contributed by atoms with Gasteiger partial charge in [-0.3, -0.25) is 9.78 Å². The number of nitrogens with one attached hydrogen (secondary N) is 2. The number of halogens is 1. The van der Waals surface area contributed by atoms with Gasteiger partial charge in [-0.1, -0.05) is 33.8 Å². The van der Waals surface area contributed by atoms with Crippen molar-refractivity contribution in [3.63, 3.8) is 0 Å². The second-order valence-electron chi connectivity index (χ2n) is 5.69. The van der Waals surface area contributed by atoms with Gasteiger partial charge in [0.2, 0.25) is 0 Å². The summed E-state index contributed by atoms with van der Waals surface area (Å²) in [6, 6.07) is 11.5. The van der Waals surface area contributed by atoms with Gasteiger partial charge >= 0.3 is 0 Å². The topological polar surface area (TPSA) is 97.1 Å². The summed E-state index contributed by atoms with van der Waals surface area (Å²) >= 11 is 4.71. The normalized spacial score (nSPS) is 10.9. The number of anilines is 1. The van der Waals surface area contributed by atoms with Crippen LogP contribution < -0.4 is 10.7 Å². The summed E-state index contributed by atoms with van der Waals surface area (Å²) in [5, 5.41) is 16.2. The van der Waals surface area contributed by atoms with Gasteiger partial charge in [-0.15, -0.1) is 10.2 Å². The van der Waals surface area contributed by atoms with E-state index in [-0.39, 0.29) is 11.7 Å². The van der Waals surface area contributed by atoms with E-state index in [9.17, 15) is 4.79 Å². The molecule has 0 aliphatic carbocycles. The van der Waals surface area contributed by atoms with Gasteiger partial charge in [0.1, 0.15) is 0 Å². The molecule has 0 aliphatic rings. The summed E-state index contributed by atoms with van der Waals surface area (Å²) in [5.74, 6) is 0.749. The number of hydrogen-bond donors (Lipinski definition) is 2. The van der Waals surface area contributed by atoms with E-state index in [2.05, 4.69) is 47.0 Å². The Balaban J connectivity index is 1.46. The molecule has 0 bridgehead atoms. The molecule has 3 rings (SSSR count). The maximum Gasteiger partial charge on any atom is 0.250 e. The molecule has 0 fully saturated rings. The van der Waals surface area contributed by atoms with Crippen LogP contribution in [0.15, 0.2) is 63.5 Å². The van der Waals surface area contributed by atoms with Crippen LogP contribution in [0.1, 0.15) is 11.4 Å². The zero-order valence-electron chi connectivity index (χ0n) is 15.0. The first-order valence-electron chi connectivity index (χ1n) is 8.34. The minimum atomic E-state index is -0.220. The van der Waals surface area contributed by atoms with Crippen molar-refractivity contribution in [2.75, 3.05) is 11.1 Å². The molecule has 0 radical (unpaired) electrons. The number of aromatic nitrogens is 4. The van der Waals surface area contributed by atoms with Gasteiger partial charge in [-0.25, -0.2) is 5.43 Å². The molecule has 2 heterocycles. The Morgan fingerprint density at radius 1 is 1.29 bits per heavy atom. The molecule has 0 saturated carbocycles. The van der Waals surface area contributed by atoms with Crippen LogP contribution >= 0.6 is 27.7 Å². The fraction of sp³-hybridized carbons (Fsp3) is 0.167. The Kier molecular flexibility index (Phi) is 7.15. The SMILES string of the molecule is Cn1c(CNc2ccc(Br)cc2)nnc1SCC(=O)N/N=C\c1cccnc1. The van der Waals surface area contributed by atoms with E-state index in [1.54, 1.807) is 24.7 Å². The molecule has 10 heteroatoms. The van der Waals surface area contributed by atoms with E-state index in [1.165, 1.54) is 11.8 Å². The average Bonchev–Trinajstić information content (AvgIpc) is 3.06. The van der Waals surface area contributed by atoms with Gasteiger partial charge < -0.3 is 9.88 Å². The van der Waals surface area contributed by atoms with Crippen LogP contribution in [0.25, 0.3) is 0 Å². The molecule has 2 aromatic heterocycles. The molecular weight excluding hydrogens is 442 g/mol. The fourth-order valence-electron chi connectivity index (χ4n) is 2.17. The molecular formula is C18H18BrN7OS. The lowest BCUT2D eigenvalue weighted by molar-refractivity contribution is -0.118. The van der Waals surface area contributed by atoms with Crippen LogP contribution in [0.2, 0.25) is 0 Å². The predicted octanol–water partition coefficient (Wildman–Crippen LogP) is 2.83. The Bertz CT molecular complexity index is 944. The molecule has 2 N–H and O–H groups in total. The second kappa shape index (κ2) is 10.00. The Hall–Kier alpha value is -2.72. The van der Waals surface area contributed by atoms with E-state index >= 15 is 0 Å². The van der Waals surface area contributed by atoms with Gasteiger partial charge in [-0.05, 0) is 30.3 Å². The zero-order valence-corrected chi connectivity index (χ0v) is 17.4. The number of benzene rings is 1. The predicted molar refractivity (Wildman–Crippen MR) is 113 cm³/mol. The minimum Gasteiger partial charge on any atom is -0.378 e. The molecule has 1 amide bonds. The number of carbonyl (C=O) groups excluding carboxylic acids is 1. The quantitative estimate of drug-likeness (QED) is 0.305. The van der Waals surface area contributed by atoms with E-state index in [0.29, 0.717) is 11.7 Å². The van der Waals surface area contributed by atoms with Crippen molar-refractivity contribution in [2.24, 2.45) is 12.1 Å². The lowest BCUT2D eigenvalue weighted by Gasteiger charge is -2.07. The van der Waals surface area contributed by atoms with Crippen molar-refractivity contribution in [1.82, 2.24) is 25.2 Å². The smallest absolute Gasteiger partial charge is 0.250 e. The first-order chi connectivity index (χ1) is 13.6. The Morgan fingerprint density at radius 3 is 2.86 bits per heavy atom. The van der Waals surface area contributed by atoms with Gasteiger partial charge in [0, 0.05) is 35.2 Å². The van der Waals surface area contributed by atoms with Crippen molar-refractivity contribution in [2.45, 2.75) is 11.7 Å². The van der Waals surface area contributed by atoms with E-state index in [4.69, 9.17) is 0 Å². The standard InChI is InChI=1S/C18H18BrN7OS/c1-26-16(11-21-15-6-4-14(19)5-7-15)23-25-18(26)28-12-17(27)24-22-10-13-3-2-8-20-9-13/h2-10,21H,11-12H2,1H3,(H,24,27)/b22-10-. The Labute approximate surface area is 175 Å². The number of carbonyl (C=O) groups is 1. The highest BCUT2D eigenvalue weighted by atomic mass is 79.9. The molecule has 1 aromatic carbocycles. The third kappa shape index (κ3) is 5.89.